The second-order valence-corrected chi connectivity index (χ2v) is 4.97. The van der Waals surface area contributed by atoms with Crippen molar-refractivity contribution in [3.05, 3.63) is 0 Å². The van der Waals surface area contributed by atoms with E-state index in [4.69, 9.17) is 10.5 Å². The van der Waals surface area contributed by atoms with E-state index in [0.29, 0.717) is 12.0 Å². The molecule has 2 aliphatic heterocycles. The van der Waals surface area contributed by atoms with Crippen molar-refractivity contribution in [3.63, 3.8) is 0 Å². The molecule has 3 unspecified atom stereocenters. The Labute approximate surface area is 78.2 Å². The first kappa shape index (κ1) is 8.85. The molecule has 3 atom stereocenters. The van der Waals surface area contributed by atoms with Crippen LogP contribution in [0.4, 0.5) is 0 Å². The molecule has 0 radical (unpaired) electrons. The first-order valence-corrected chi connectivity index (χ1v) is 5.94. The molecular weight excluding hydrogens is 170 g/mol. The molecule has 2 fully saturated rings. The second kappa shape index (κ2) is 3.99. The topological polar surface area (TPSA) is 35.2 Å². The van der Waals surface area contributed by atoms with E-state index in [0.717, 1.165) is 19.1 Å². The number of hydrogen-bond donors (Lipinski definition) is 1. The Bertz CT molecular complexity index is 125. The van der Waals surface area contributed by atoms with Gasteiger partial charge in [-0.3, -0.25) is 0 Å². The van der Waals surface area contributed by atoms with Crippen molar-refractivity contribution in [1.29, 1.82) is 0 Å². The molecule has 2 heterocycles. The Balaban J connectivity index is 1.84. The zero-order valence-corrected chi connectivity index (χ0v) is 8.19. The molecule has 2 nitrogen and oxygen atoms in total. The van der Waals surface area contributed by atoms with Crippen LogP contribution in [0.15, 0.2) is 0 Å². The molecule has 3 heteroatoms. The Morgan fingerprint density at radius 1 is 1.33 bits per heavy atom. The maximum atomic E-state index is 6.19. The van der Waals surface area contributed by atoms with Crippen LogP contribution in [0.5, 0.6) is 0 Å². The van der Waals surface area contributed by atoms with Crippen molar-refractivity contribution in [3.8, 4) is 0 Å². The lowest BCUT2D eigenvalue weighted by atomic mass is 9.88. The molecule has 0 bridgehead atoms. The standard InChI is InChI=1S/C9H17NOS/c10-9(7-1-3-11-5-7)8-2-4-12-6-8/h7-9H,1-6,10H2. The van der Waals surface area contributed by atoms with Gasteiger partial charge in [-0.25, -0.2) is 0 Å². The fraction of sp³-hybridized carbons (Fsp3) is 1.00. The van der Waals surface area contributed by atoms with Gasteiger partial charge in [0.05, 0.1) is 6.61 Å². The summed E-state index contributed by atoms with van der Waals surface area (Å²) in [5, 5.41) is 0. The highest BCUT2D eigenvalue weighted by molar-refractivity contribution is 7.99. The van der Waals surface area contributed by atoms with Gasteiger partial charge in [0, 0.05) is 12.6 Å². The molecule has 2 N–H and O–H groups in total. The number of thioether (sulfide) groups is 1. The van der Waals surface area contributed by atoms with Gasteiger partial charge in [0.2, 0.25) is 0 Å². The van der Waals surface area contributed by atoms with E-state index in [2.05, 4.69) is 0 Å². The summed E-state index contributed by atoms with van der Waals surface area (Å²) in [5.74, 6) is 4.00. The average Bonchev–Trinajstić information content (AvgIpc) is 2.77. The van der Waals surface area contributed by atoms with Crippen molar-refractivity contribution in [2.75, 3.05) is 24.7 Å². The Morgan fingerprint density at radius 2 is 2.25 bits per heavy atom. The third-order valence-electron chi connectivity index (χ3n) is 3.02. The molecule has 0 spiro atoms. The van der Waals surface area contributed by atoms with Crippen LogP contribution in [0.25, 0.3) is 0 Å². The van der Waals surface area contributed by atoms with Crippen LogP contribution in [-0.2, 0) is 4.74 Å². The minimum absolute atomic E-state index is 0.405. The molecular formula is C9H17NOS. The van der Waals surface area contributed by atoms with Crippen LogP contribution < -0.4 is 5.73 Å². The first-order valence-electron chi connectivity index (χ1n) is 4.79. The molecule has 0 aromatic carbocycles. The molecule has 0 amide bonds. The van der Waals surface area contributed by atoms with Crippen LogP contribution in [0.3, 0.4) is 0 Å². The molecule has 0 saturated carbocycles. The lowest BCUT2D eigenvalue weighted by Crippen LogP contribution is -2.37. The third kappa shape index (κ3) is 1.78. The van der Waals surface area contributed by atoms with Crippen molar-refractivity contribution in [2.24, 2.45) is 17.6 Å². The molecule has 2 saturated heterocycles. The van der Waals surface area contributed by atoms with Crippen LogP contribution in [-0.4, -0.2) is 30.8 Å². The summed E-state index contributed by atoms with van der Waals surface area (Å²) in [4.78, 5) is 0. The molecule has 12 heavy (non-hydrogen) atoms. The molecule has 2 aliphatic rings. The van der Waals surface area contributed by atoms with E-state index in [1.54, 1.807) is 0 Å². The molecule has 70 valence electrons. The highest BCUT2D eigenvalue weighted by Crippen LogP contribution is 2.30. The minimum atomic E-state index is 0.405. The normalized spacial score (nSPS) is 38.8. The van der Waals surface area contributed by atoms with Gasteiger partial charge in [0.25, 0.3) is 0 Å². The number of ether oxygens (including phenoxy) is 1. The van der Waals surface area contributed by atoms with Gasteiger partial charge < -0.3 is 10.5 Å². The largest absolute Gasteiger partial charge is 0.381 e. The number of nitrogens with two attached hydrogens (primary N) is 1. The Morgan fingerprint density at radius 3 is 2.83 bits per heavy atom. The summed E-state index contributed by atoms with van der Waals surface area (Å²) < 4.78 is 5.35. The molecule has 0 aromatic heterocycles. The summed E-state index contributed by atoms with van der Waals surface area (Å²) in [5.41, 5.74) is 6.19. The second-order valence-electron chi connectivity index (χ2n) is 3.82. The summed E-state index contributed by atoms with van der Waals surface area (Å²) in [7, 11) is 0. The third-order valence-corrected chi connectivity index (χ3v) is 4.21. The zero-order chi connectivity index (χ0) is 8.39. The van der Waals surface area contributed by atoms with Gasteiger partial charge in [-0.15, -0.1) is 0 Å². The highest BCUT2D eigenvalue weighted by Gasteiger charge is 2.30. The van der Waals surface area contributed by atoms with Crippen molar-refractivity contribution >= 4 is 11.8 Å². The van der Waals surface area contributed by atoms with E-state index in [9.17, 15) is 0 Å². The minimum Gasteiger partial charge on any atom is -0.381 e. The lowest BCUT2D eigenvalue weighted by molar-refractivity contribution is 0.175. The van der Waals surface area contributed by atoms with E-state index < -0.39 is 0 Å². The van der Waals surface area contributed by atoms with Gasteiger partial charge in [0.1, 0.15) is 0 Å². The predicted molar refractivity (Wildman–Crippen MR) is 52.3 cm³/mol. The van der Waals surface area contributed by atoms with Crippen molar-refractivity contribution in [1.82, 2.24) is 0 Å². The molecule has 2 rings (SSSR count). The SMILES string of the molecule is NC(C1CCOC1)C1CCSC1. The monoisotopic (exact) mass is 187 g/mol. The summed E-state index contributed by atoms with van der Waals surface area (Å²) in [6.07, 6.45) is 2.50. The fourth-order valence-electron chi connectivity index (χ4n) is 2.10. The van der Waals surface area contributed by atoms with E-state index >= 15 is 0 Å². The first-order chi connectivity index (χ1) is 5.88. The maximum absolute atomic E-state index is 6.19. The number of hydrogen-bond acceptors (Lipinski definition) is 3. The smallest absolute Gasteiger partial charge is 0.0510 e. The van der Waals surface area contributed by atoms with E-state index in [1.807, 2.05) is 11.8 Å². The van der Waals surface area contributed by atoms with E-state index in [1.165, 1.54) is 24.3 Å². The van der Waals surface area contributed by atoms with E-state index in [-0.39, 0.29) is 0 Å². The van der Waals surface area contributed by atoms with Crippen LogP contribution >= 0.6 is 11.8 Å². The van der Waals surface area contributed by atoms with Crippen LogP contribution in [0.1, 0.15) is 12.8 Å². The summed E-state index contributed by atoms with van der Waals surface area (Å²) in [6, 6.07) is 0.405. The summed E-state index contributed by atoms with van der Waals surface area (Å²) in [6.45, 7) is 1.83. The fourth-order valence-corrected chi connectivity index (χ4v) is 3.43. The quantitative estimate of drug-likeness (QED) is 0.703. The highest BCUT2D eigenvalue weighted by atomic mass is 32.2. The van der Waals surface area contributed by atoms with Gasteiger partial charge >= 0.3 is 0 Å². The van der Waals surface area contributed by atoms with Gasteiger partial charge in [0.15, 0.2) is 0 Å². The van der Waals surface area contributed by atoms with Gasteiger partial charge in [-0.1, -0.05) is 0 Å². The number of rotatable bonds is 2. The van der Waals surface area contributed by atoms with Gasteiger partial charge in [-0.05, 0) is 36.2 Å². The molecule has 0 aromatic rings. The molecule has 0 aliphatic carbocycles. The van der Waals surface area contributed by atoms with Crippen molar-refractivity contribution in [2.45, 2.75) is 18.9 Å². The van der Waals surface area contributed by atoms with Crippen molar-refractivity contribution < 1.29 is 4.74 Å². The van der Waals surface area contributed by atoms with Gasteiger partial charge in [-0.2, -0.15) is 11.8 Å². The van der Waals surface area contributed by atoms with Crippen LogP contribution in [0.2, 0.25) is 0 Å². The predicted octanol–water partition coefficient (Wildman–Crippen LogP) is 1.10. The Hall–Kier alpha value is 0.270. The summed E-state index contributed by atoms with van der Waals surface area (Å²) >= 11 is 2.05. The maximum Gasteiger partial charge on any atom is 0.0510 e. The van der Waals surface area contributed by atoms with Crippen LogP contribution in [0, 0.1) is 11.8 Å². The lowest BCUT2D eigenvalue weighted by Gasteiger charge is -2.23. The average molecular weight is 187 g/mol. The Kier molecular flexibility index (Phi) is 2.94. The zero-order valence-electron chi connectivity index (χ0n) is 7.37.